The fourth-order valence-electron chi connectivity index (χ4n) is 2.55. The Morgan fingerprint density at radius 3 is 2.52 bits per heavy atom. The number of carbonyl (C=O) groups is 1. The number of fused-ring (bicyclic) bond motifs is 1. The van der Waals surface area contributed by atoms with E-state index in [1.807, 2.05) is 0 Å². The Hall–Kier alpha value is -2.61. The predicted molar refractivity (Wildman–Crippen MR) is 95.6 cm³/mol. The topological polar surface area (TPSA) is 59.6 Å². The summed E-state index contributed by atoms with van der Waals surface area (Å²) >= 11 is 5.64. The molecule has 5 nitrogen and oxygen atoms in total. The van der Waals surface area contributed by atoms with Crippen molar-refractivity contribution in [1.29, 1.82) is 0 Å². The summed E-state index contributed by atoms with van der Waals surface area (Å²) < 4.78 is 50.3. The number of alkyl halides is 3. The molecule has 1 aliphatic rings. The SMILES string of the molecule is CC(Nc1ccc2c(c1)OCCO2)C(=O)Nc1ccc(Cl)cc1C(F)(F)F. The lowest BCUT2D eigenvalue weighted by atomic mass is 10.1. The van der Waals surface area contributed by atoms with Crippen LogP contribution in [0.3, 0.4) is 0 Å². The second-order valence-electron chi connectivity index (χ2n) is 5.90. The summed E-state index contributed by atoms with van der Waals surface area (Å²) in [5.74, 6) is 0.508. The molecule has 0 aromatic heterocycles. The maximum Gasteiger partial charge on any atom is 0.418 e. The number of nitrogens with one attached hydrogen (secondary N) is 2. The van der Waals surface area contributed by atoms with E-state index >= 15 is 0 Å². The first-order valence-electron chi connectivity index (χ1n) is 8.08. The van der Waals surface area contributed by atoms with Gasteiger partial charge in [0.25, 0.3) is 0 Å². The number of rotatable bonds is 4. The summed E-state index contributed by atoms with van der Waals surface area (Å²) in [5, 5.41) is 5.15. The van der Waals surface area contributed by atoms with Crippen LogP contribution < -0.4 is 20.1 Å². The molecule has 0 radical (unpaired) electrons. The van der Waals surface area contributed by atoms with Gasteiger partial charge in [-0.05, 0) is 37.3 Å². The molecule has 2 aromatic rings. The van der Waals surface area contributed by atoms with Crippen molar-refractivity contribution < 1.29 is 27.4 Å². The van der Waals surface area contributed by atoms with Crippen LogP contribution in [-0.4, -0.2) is 25.2 Å². The summed E-state index contributed by atoms with van der Waals surface area (Å²) in [6.07, 6.45) is -4.64. The monoisotopic (exact) mass is 400 g/mol. The van der Waals surface area contributed by atoms with Gasteiger partial charge >= 0.3 is 6.18 Å². The molecular formula is C18H16ClF3N2O3. The Kier molecular flexibility index (Phi) is 5.36. The van der Waals surface area contributed by atoms with Gasteiger partial charge in [0.05, 0.1) is 11.3 Å². The van der Waals surface area contributed by atoms with E-state index in [1.54, 1.807) is 18.2 Å². The van der Waals surface area contributed by atoms with Gasteiger partial charge in [-0.25, -0.2) is 0 Å². The van der Waals surface area contributed by atoms with Crippen LogP contribution in [0.4, 0.5) is 24.5 Å². The van der Waals surface area contributed by atoms with Gasteiger partial charge in [-0.3, -0.25) is 4.79 Å². The molecule has 0 saturated heterocycles. The number of benzene rings is 2. The van der Waals surface area contributed by atoms with E-state index in [9.17, 15) is 18.0 Å². The van der Waals surface area contributed by atoms with Crippen molar-refractivity contribution in [3.8, 4) is 11.5 Å². The standard InChI is InChI=1S/C18H16ClF3N2O3/c1-10(23-12-3-5-15-16(9-12)27-7-6-26-15)17(25)24-14-4-2-11(19)8-13(14)18(20,21)22/h2-5,8-10,23H,6-7H2,1H3,(H,24,25). The average molecular weight is 401 g/mol. The molecule has 0 aliphatic carbocycles. The molecule has 144 valence electrons. The summed E-state index contributed by atoms with van der Waals surface area (Å²) in [7, 11) is 0. The quantitative estimate of drug-likeness (QED) is 0.789. The molecule has 9 heteroatoms. The second kappa shape index (κ2) is 7.56. The highest BCUT2D eigenvalue weighted by atomic mass is 35.5. The first-order valence-corrected chi connectivity index (χ1v) is 8.45. The fourth-order valence-corrected chi connectivity index (χ4v) is 2.72. The molecule has 0 bridgehead atoms. The Morgan fingerprint density at radius 1 is 1.11 bits per heavy atom. The number of amides is 1. The van der Waals surface area contributed by atoms with Crippen LogP contribution in [0.25, 0.3) is 0 Å². The van der Waals surface area contributed by atoms with Gasteiger partial charge in [0, 0.05) is 16.8 Å². The minimum Gasteiger partial charge on any atom is -0.486 e. The third-order valence-electron chi connectivity index (χ3n) is 3.86. The van der Waals surface area contributed by atoms with E-state index in [0.29, 0.717) is 30.4 Å². The molecule has 1 amide bonds. The Bertz CT molecular complexity index is 858. The Balaban J connectivity index is 1.72. The number of ether oxygens (including phenoxy) is 2. The molecule has 0 spiro atoms. The number of carbonyl (C=O) groups excluding carboxylic acids is 1. The fraction of sp³-hybridized carbons (Fsp3) is 0.278. The zero-order valence-corrected chi connectivity index (χ0v) is 14.9. The summed E-state index contributed by atoms with van der Waals surface area (Å²) in [5.41, 5.74) is -0.781. The molecule has 1 heterocycles. The van der Waals surface area contributed by atoms with Crippen LogP contribution >= 0.6 is 11.6 Å². The van der Waals surface area contributed by atoms with Crippen LogP contribution in [-0.2, 0) is 11.0 Å². The van der Waals surface area contributed by atoms with E-state index in [4.69, 9.17) is 21.1 Å². The minimum absolute atomic E-state index is 0.0669. The highest BCUT2D eigenvalue weighted by Crippen LogP contribution is 2.37. The van der Waals surface area contributed by atoms with Crippen LogP contribution in [0.15, 0.2) is 36.4 Å². The predicted octanol–water partition coefficient (Wildman–Crippen LogP) is 4.57. The molecule has 1 aliphatic heterocycles. The third kappa shape index (κ3) is 4.57. The van der Waals surface area contributed by atoms with Gasteiger partial charge < -0.3 is 20.1 Å². The van der Waals surface area contributed by atoms with Gasteiger partial charge in [0.2, 0.25) is 5.91 Å². The highest BCUT2D eigenvalue weighted by molar-refractivity contribution is 6.30. The molecule has 1 unspecified atom stereocenters. The van der Waals surface area contributed by atoms with E-state index in [1.165, 1.54) is 13.0 Å². The van der Waals surface area contributed by atoms with Crippen molar-refractivity contribution in [1.82, 2.24) is 0 Å². The molecule has 2 N–H and O–H groups in total. The van der Waals surface area contributed by atoms with Gasteiger partial charge in [0.1, 0.15) is 19.3 Å². The summed E-state index contributed by atoms with van der Waals surface area (Å²) in [6.45, 7) is 2.42. The number of halogens is 4. The Morgan fingerprint density at radius 2 is 1.81 bits per heavy atom. The van der Waals surface area contributed by atoms with Crippen molar-refractivity contribution in [2.75, 3.05) is 23.8 Å². The van der Waals surface area contributed by atoms with Crippen molar-refractivity contribution >= 4 is 28.9 Å². The van der Waals surface area contributed by atoms with Gasteiger partial charge in [-0.1, -0.05) is 11.6 Å². The Labute approximate surface area is 158 Å². The van der Waals surface area contributed by atoms with Gasteiger partial charge in [-0.2, -0.15) is 13.2 Å². The molecular weight excluding hydrogens is 385 g/mol. The van der Waals surface area contributed by atoms with Crippen LogP contribution in [0.5, 0.6) is 11.5 Å². The highest BCUT2D eigenvalue weighted by Gasteiger charge is 2.34. The van der Waals surface area contributed by atoms with Crippen molar-refractivity contribution in [3.05, 3.63) is 47.0 Å². The van der Waals surface area contributed by atoms with E-state index in [2.05, 4.69) is 10.6 Å². The zero-order chi connectivity index (χ0) is 19.6. The number of hydrogen-bond donors (Lipinski definition) is 2. The normalized spacial score (nSPS) is 14.4. The largest absolute Gasteiger partial charge is 0.486 e. The zero-order valence-electron chi connectivity index (χ0n) is 14.2. The number of hydrogen-bond acceptors (Lipinski definition) is 4. The van der Waals surface area contributed by atoms with Crippen LogP contribution in [0.1, 0.15) is 12.5 Å². The first-order chi connectivity index (χ1) is 12.7. The van der Waals surface area contributed by atoms with Gasteiger partial charge in [-0.15, -0.1) is 0 Å². The smallest absolute Gasteiger partial charge is 0.418 e. The van der Waals surface area contributed by atoms with E-state index in [-0.39, 0.29) is 10.7 Å². The number of anilines is 2. The minimum atomic E-state index is -4.64. The molecule has 3 rings (SSSR count). The molecule has 1 atom stereocenters. The summed E-state index contributed by atoms with van der Waals surface area (Å²) in [6, 6.07) is 7.44. The molecule has 2 aromatic carbocycles. The maximum atomic E-state index is 13.1. The van der Waals surface area contributed by atoms with E-state index in [0.717, 1.165) is 12.1 Å². The van der Waals surface area contributed by atoms with Crippen molar-refractivity contribution in [3.63, 3.8) is 0 Å². The van der Waals surface area contributed by atoms with Crippen LogP contribution in [0.2, 0.25) is 5.02 Å². The first kappa shape index (κ1) is 19.2. The third-order valence-corrected chi connectivity index (χ3v) is 4.10. The van der Waals surface area contributed by atoms with Crippen molar-refractivity contribution in [2.24, 2.45) is 0 Å². The maximum absolute atomic E-state index is 13.1. The van der Waals surface area contributed by atoms with Gasteiger partial charge in [0.15, 0.2) is 11.5 Å². The van der Waals surface area contributed by atoms with Crippen molar-refractivity contribution in [2.45, 2.75) is 19.1 Å². The molecule has 0 saturated carbocycles. The lowest BCUT2D eigenvalue weighted by Gasteiger charge is -2.21. The average Bonchev–Trinajstić information content (AvgIpc) is 2.62. The molecule has 0 fully saturated rings. The lowest BCUT2D eigenvalue weighted by Crippen LogP contribution is -2.32. The lowest BCUT2D eigenvalue weighted by molar-refractivity contribution is -0.137. The van der Waals surface area contributed by atoms with E-state index < -0.39 is 23.7 Å². The summed E-state index contributed by atoms with van der Waals surface area (Å²) in [4.78, 5) is 12.3. The van der Waals surface area contributed by atoms with Crippen LogP contribution in [0, 0.1) is 0 Å². The molecule has 27 heavy (non-hydrogen) atoms. The second-order valence-corrected chi connectivity index (χ2v) is 6.34.